The highest BCUT2D eigenvalue weighted by Gasteiger charge is 2.33. The molecule has 4 nitrogen and oxygen atoms in total. The van der Waals surface area contributed by atoms with Gasteiger partial charge in [0.05, 0.1) is 13.2 Å². The molecule has 0 saturated heterocycles. The van der Waals surface area contributed by atoms with Crippen LogP contribution < -0.4 is 14.8 Å². The Balaban J connectivity index is 1.60. The molecule has 1 aliphatic carbocycles. The minimum atomic E-state index is -0.114. The van der Waals surface area contributed by atoms with E-state index in [0.29, 0.717) is 17.4 Å². The van der Waals surface area contributed by atoms with E-state index in [-0.39, 0.29) is 18.6 Å². The number of carbonyl (C=O) groups is 1. The molecule has 2 aromatic rings. The van der Waals surface area contributed by atoms with Crippen LogP contribution in [0.5, 0.6) is 11.5 Å². The third kappa shape index (κ3) is 4.03. The second kappa shape index (κ2) is 7.18. The number of ether oxygens (including phenoxy) is 2. The zero-order chi connectivity index (χ0) is 16.1. The largest absolute Gasteiger partial charge is 0.493 e. The zero-order valence-corrected chi connectivity index (χ0v) is 13.2. The molecule has 1 amide bonds. The molecule has 1 atom stereocenters. The molecule has 120 valence electrons. The van der Waals surface area contributed by atoms with Gasteiger partial charge in [-0.2, -0.15) is 0 Å². The highest BCUT2D eigenvalue weighted by Crippen LogP contribution is 2.40. The highest BCUT2D eigenvalue weighted by atomic mass is 16.5. The Morgan fingerprint density at radius 2 is 1.74 bits per heavy atom. The predicted octanol–water partition coefficient (Wildman–Crippen LogP) is 3.34. The van der Waals surface area contributed by atoms with Gasteiger partial charge in [-0.3, -0.25) is 4.79 Å². The SMILES string of the molecule is COc1ccccc1OCC(=O)N[C@H](c1ccccc1)C1CC1. The van der Waals surface area contributed by atoms with Gasteiger partial charge in [-0.25, -0.2) is 0 Å². The molecule has 0 unspecified atom stereocenters. The van der Waals surface area contributed by atoms with E-state index in [1.165, 1.54) is 0 Å². The minimum absolute atomic E-state index is 0.0174. The van der Waals surface area contributed by atoms with Crippen LogP contribution in [0.2, 0.25) is 0 Å². The highest BCUT2D eigenvalue weighted by molar-refractivity contribution is 5.78. The van der Waals surface area contributed by atoms with Crippen molar-refractivity contribution in [2.24, 2.45) is 5.92 Å². The van der Waals surface area contributed by atoms with Crippen molar-refractivity contribution >= 4 is 5.91 Å². The predicted molar refractivity (Wildman–Crippen MR) is 88.5 cm³/mol. The molecule has 4 heteroatoms. The lowest BCUT2D eigenvalue weighted by Crippen LogP contribution is -2.33. The average Bonchev–Trinajstić information content (AvgIpc) is 3.44. The molecule has 0 spiro atoms. The Hall–Kier alpha value is -2.49. The Labute approximate surface area is 136 Å². The summed E-state index contributed by atoms with van der Waals surface area (Å²) in [5.41, 5.74) is 1.15. The van der Waals surface area contributed by atoms with Crippen LogP contribution in [0.1, 0.15) is 24.4 Å². The molecule has 0 radical (unpaired) electrons. The second-order valence-electron chi connectivity index (χ2n) is 5.73. The van der Waals surface area contributed by atoms with Gasteiger partial charge in [0, 0.05) is 0 Å². The minimum Gasteiger partial charge on any atom is -0.493 e. The van der Waals surface area contributed by atoms with Crippen molar-refractivity contribution < 1.29 is 14.3 Å². The average molecular weight is 311 g/mol. The van der Waals surface area contributed by atoms with E-state index < -0.39 is 0 Å². The van der Waals surface area contributed by atoms with Crippen molar-refractivity contribution in [1.82, 2.24) is 5.32 Å². The summed E-state index contributed by atoms with van der Waals surface area (Å²) in [7, 11) is 1.58. The molecule has 3 rings (SSSR count). The van der Waals surface area contributed by atoms with E-state index in [1.54, 1.807) is 13.2 Å². The Kier molecular flexibility index (Phi) is 4.81. The van der Waals surface area contributed by atoms with Crippen molar-refractivity contribution in [3.8, 4) is 11.5 Å². The quantitative estimate of drug-likeness (QED) is 0.853. The van der Waals surface area contributed by atoms with Crippen molar-refractivity contribution in [1.29, 1.82) is 0 Å². The molecular weight excluding hydrogens is 290 g/mol. The monoisotopic (exact) mass is 311 g/mol. The maximum atomic E-state index is 12.3. The van der Waals surface area contributed by atoms with E-state index in [0.717, 1.165) is 18.4 Å². The maximum absolute atomic E-state index is 12.3. The summed E-state index contributed by atoms with van der Waals surface area (Å²) in [6.45, 7) is -0.0174. The number of para-hydroxylation sites is 2. The number of carbonyl (C=O) groups excluding carboxylic acids is 1. The molecule has 0 bridgehead atoms. The summed E-state index contributed by atoms with van der Waals surface area (Å²) < 4.78 is 10.8. The lowest BCUT2D eigenvalue weighted by atomic mass is 10.0. The summed E-state index contributed by atoms with van der Waals surface area (Å²) in [4.78, 5) is 12.3. The van der Waals surface area contributed by atoms with Crippen LogP contribution in [0.15, 0.2) is 54.6 Å². The van der Waals surface area contributed by atoms with Gasteiger partial charge < -0.3 is 14.8 Å². The Bertz CT molecular complexity index is 653. The fourth-order valence-corrected chi connectivity index (χ4v) is 2.66. The molecule has 2 aromatic carbocycles. The number of nitrogens with one attached hydrogen (secondary N) is 1. The Morgan fingerprint density at radius 1 is 1.09 bits per heavy atom. The molecule has 0 heterocycles. The molecule has 0 aromatic heterocycles. The summed E-state index contributed by atoms with van der Waals surface area (Å²) >= 11 is 0. The first-order valence-electron chi connectivity index (χ1n) is 7.88. The number of hydrogen-bond acceptors (Lipinski definition) is 3. The second-order valence-corrected chi connectivity index (χ2v) is 5.73. The van der Waals surface area contributed by atoms with E-state index >= 15 is 0 Å². The number of hydrogen-bond donors (Lipinski definition) is 1. The third-order valence-corrected chi connectivity index (χ3v) is 4.00. The topological polar surface area (TPSA) is 47.6 Å². The van der Waals surface area contributed by atoms with Gasteiger partial charge in [0.1, 0.15) is 0 Å². The number of benzene rings is 2. The van der Waals surface area contributed by atoms with Gasteiger partial charge in [0.2, 0.25) is 0 Å². The van der Waals surface area contributed by atoms with E-state index in [2.05, 4.69) is 17.4 Å². The summed E-state index contributed by atoms with van der Waals surface area (Å²) in [6.07, 6.45) is 2.32. The normalized spacial score (nSPS) is 14.8. The van der Waals surface area contributed by atoms with Crippen molar-refractivity contribution in [2.75, 3.05) is 13.7 Å². The molecule has 1 fully saturated rings. The molecule has 1 N–H and O–H groups in total. The lowest BCUT2D eigenvalue weighted by molar-refractivity contribution is -0.124. The molecule has 1 saturated carbocycles. The van der Waals surface area contributed by atoms with E-state index in [1.807, 2.05) is 36.4 Å². The van der Waals surface area contributed by atoms with Crippen molar-refractivity contribution in [3.63, 3.8) is 0 Å². The molecule has 1 aliphatic rings. The summed E-state index contributed by atoms with van der Waals surface area (Å²) in [6, 6.07) is 17.5. The summed E-state index contributed by atoms with van der Waals surface area (Å²) in [5, 5.41) is 3.10. The van der Waals surface area contributed by atoms with Crippen LogP contribution in [0.4, 0.5) is 0 Å². The van der Waals surface area contributed by atoms with Gasteiger partial charge in [-0.1, -0.05) is 42.5 Å². The van der Waals surface area contributed by atoms with Crippen LogP contribution in [-0.2, 0) is 4.79 Å². The van der Waals surface area contributed by atoms with Crippen LogP contribution in [0.25, 0.3) is 0 Å². The van der Waals surface area contributed by atoms with E-state index in [4.69, 9.17) is 9.47 Å². The van der Waals surface area contributed by atoms with Crippen LogP contribution in [0.3, 0.4) is 0 Å². The van der Waals surface area contributed by atoms with Crippen LogP contribution >= 0.6 is 0 Å². The summed E-state index contributed by atoms with van der Waals surface area (Å²) in [5.74, 6) is 1.62. The van der Waals surface area contributed by atoms with Crippen LogP contribution in [-0.4, -0.2) is 19.6 Å². The van der Waals surface area contributed by atoms with E-state index in [9.17, 15) is 4.79 Å². The Morgan fingerprint density at radius 3 is 2.39 bits per heavy atom. The van der Waals surface area contributed by atoms with Gasteiger partial charge in [-0.15, -0.1) is 0 Å². The first kappa shape index (κ1) is 15.4. The van der Waals surface area contributed by atoms with Crippen LogP contribution in [0, 0.1) is 5.92 Å². The fourth-order valence-electron chi connectivity index (χ4n) is 2.66. The van der Waals surface area contributed by atoms with Gasteiger partial charge in [0.25, 0.3) is 5.91 Å². The molecule has 0 aliphatic heterocycles. The number of rotatable bonds is 7. The third-order valence-electron chi connectivity index (χ3n) is 4.00. The fraction of sp³-hybridized carbons (Fsp3) is 0.316. The van der Waals surface area contributed by atoms with Gasteiger partial charge in [-0.05, 0) is 36.5 Å². The van der Waals surface area contributed by atoms with Gasteiger partial charge >= 0.3 is 0 Å². The molecular formula is C19H21NO3. The van der Waals surface area contributed by atoms with Crippen molar-refractivity contribution in [3.05, 3.63) is 60.2 Å². The standard InChI is InChI=1S/C19H21NO3/c1-22-16-9-5-6-10-17(16)23-13-18(21)20-19(15-11-12-15)14-7-3-2-4-8-14/h2-10,15,19H,11-13H2,1H3,(H,20,21)/t19-/m1/s1. The smallest absolute Gasteiger partial charge is 0.258 e. The van der Waals surface area contributed by atoms with Gasteiger partial charge in [0.15, 0.2) is 18.1 Å². The first-order valence-corrected chi connectivity index (χ1v) is 7.88. The lowest BCUT2D eigenvalue weighted by Gasteiger charge is -2.19. The first-order chi connectivity index (χ1) is 11.3. The number of amides is 1. The maximum Gasteiger partial charge on any atom is 0.258 e. The zero-order valence-electron chi connectivity index (χ0n) is 13.2. The number of methoxy groups -OCH3 is 1. The van der Waals surface area contributed by atoms with Crippen molar-refractivity contribution in [2.45, 2.75) is 18.9 Å². The molecule has 23 heavy (non-hydrogen) atoms.